The third-order valence-corrected chi connectivity index (χ3v) is 3.21. The highest BCUT2D eigenvalue weighted by Gasteiger charge is 2.08. The van der Waals surface area contributed by atoms with Gasteiger partial charge in [0.05, 0.1) is 0 Å². The number of hydrogen-bond acceptors (Lipinski definition) is 2. The molecule has 2 nitrogen and oxygen atoms in total. The van der Waals surface area contributed by atoms with Gasteiger partial charge < -0.3 is 4.90 Å². The molecule has 0 aliphatic rings. The van der Waals surface area contributed by atoms with E-state index in [2.05, 4.69) is 0 Å². The first-order valence-electron chi connectivity index (χ1n) is 6.11. The molecule has 0 atom stereocenters. The fourth-order valence-corrected chi connectivity index (χ4v) is 1.97. The molecule has 19 heavy (non-hydrogen) atoms. The van der Waals surface area contributed by atoms with E-state index in [1.165, 1.54) is 0 Å². The van der Waals surface area contributed by atoms with Crippen molar-refractivity contribution in [1.29, 1.82) is 0 Å². The van der Waals surface area contributed by atoms with Crippen molar-refractivity contribution in [2.24, 2.45) is 0 Å². The molecule has 0 fully saturated rings. The fraction of sp³-hybridized carbons (Fsp3) is 0.188. The second kappa shape index (κ2) is 5.89. The number of anilines is 1. The lowest BCUT2D eigenvalue weighted by Crippen LogP contribution is -2.10. The van der Waals surface area contributed by atoms with Crippen molar-refractivity contribution in [3.63, 3.8) is 0 Å². The predicted octanol–water partition coefficient (Wildman–Crippen LogP) is 3.83. The normalized spacial score (nSPS) is 10.3. The van der Waals surface area contributed by atoms with Crippen LogP contribution in [0.25, 0.3) is 0 Å². The number of ketones is 1. The maximum absolute atomic E-state index is 12.2. The summed E-state index contributed by atoms with van der Waals surface area (Å²) in [5.41, 5.74) is 2.74. The van der Waals surface area contributed by atoms with Gasteiger partial charge in [0.25, 0.3) is 0 Å². The Morgan fingerprint density at radius 3 is 2.42 bits per heavy atom. The van der Waals surface area contributed by atoms with Crippen LogP contribution in [-0.2, 0) is 6.42 Å². The molecule has 3 heteroatoms. The van der Waals surface area contributed by atoms with Crippen LogP contribution < -0.4 is 4.90 Å². The van der Waals surface area contributed by atoms with Crippen LogP contribution in [0, 0.1) is 0 Å². The van der Waals surface area contributed by atoms with E-state index in [1.54, 1.807) is 12.1 Å². The third-order valence-electron chi connectivity index (χ3n) is 2.96. The quantitative estimate of drug-likeness (QED) is 0.789. The first-order valence-corrected chi connectivity index (χ1v) is 6.49. The summed E-state index contributed by atoms with van der Waals surface area (Å²) in [6.45, 7) is 0. The van der Waals surface area contributed by atoms with Gasteiger partial charge in [-0.2, -0.15) is 0 Å². The summed E-state index contributed by atoms with van der Waals surface area (Å²) < 4.78 is 0. The highest BCUT2D eigenvalue weighted by atomic mass is 35.5. The molecular formula is C16H16ClNO. The van der Waals surface area contributed by atoms with Crippen LogP contribution in [0.5, 0.6) is 0 Å². The molecule has 0 bridgehead atoms. The second-order valence-electron chi connectivity index (χ2n) is 4.67. The number of carbonyl (C=O) groups is 1. The zero-order valence-corrected chi connectivity index (χ0v) is 11.8. The highest BCUT2D eigenvalue weighted by molar-refractivity contribution is 6.30. The summed E-state index contributed by atoms with van der Waals surface area (Å²) in [6, 6.07) is 15.0. The Balaban J connectivity index is 2.15. The van der Waals surface area contributed by atoms with E-state index in [1.807, 2.05) is 55.4 Å². The second-order valence-corrected chi connectivity index (χ2v) is 5.11. The summed E-state index contributed by atoms with van der Waals surface area (Å²) in [5, 5.41) is 0.686. The van der Waals surface area contributed by atoms with E-state index in [4.69, 9.17) is 11.6 Å². The van der Waals surface area contributed by atoms with Gasteiger partial charge >= 0.3 is 0 Å². The van der Waals surface area contributed by atoms with Crippen molar-refractivity contribution >= 4 is 23.1 Å². The van der Waals surface area contributed by atoms with Gasteiger partial charge in [0.2, 0.25) is 0 Å². The van der Waals surface area contributed by atoms with E-state index in [-0.39, 0.29) is 5.78 Å². The largest absolute Gasteiger partial charge is 0.378 e. The van der Waals surface area contributed by atoms with Gasteiger partial charge in [-0.15, -0.1) is 0 Å². The fourth-order valence-electron chi connectivity index (χ4n) is 1.85. The van der Waals surface area contributed by atoms with Crippen LogP contribution in [0.15, 0.2) is 48.5 Å². The number of halogens is 1. The molecule has 0 aromatic heterocycles. The topological polar surface area (TPSA) is 20.3 Å². The van der Waals surface area contributed by atoms with Crippen LogP contribution in [0.2, 0.25) is 5.02 Å². The van der Waals surface area contributed by atoms with Crippen LogP contribution in [0.4, 0.5) is 5.69 Å². The van der Waals surface area contributed by atoms with E-state index < -0.39 is 0 Å². The van der Waals surface area contributed by atoms with Crippen LogP contribution >= 0.6 is 11.6 Å². The van der Waals surface area contributed by atoms with E-state index >= 15 is 0 Å². The standard InChI is InChI=1S/C16H16ClNO/c1-18(2)15-5-3-4-13(11-15)16(19)10-12-6-8-14(17)9-7-12/h3-9,11H,10H2,1-2H3. The van der Waals surface area contributed by atoms with Gasteiger partial charge in [0.1, 0.15) is 0 Å². The van der Waals surface area contributed by atoms with E-state index in [0.717, 1.165) is 16.8 Å². The molecule has 2 rings (SSSR count). The van der Waals surface area contributed by atoms with E-state index in [0.29, 0.717) is 11.4 Å². The lowest BCUT2D eigenvalue weighted by atomic mass is 10.0. The number of benzene rings is 2. The van der Waals surface area contributed by atoms with Crippen LogP contribution in [0.3, 0.4) is 0 Å². The van der Waals surface area contributed by atoms with Gasteiger partial charge in [-0.3, -0.25) is 4.79 Å². The summed E-state index contributed by atoms with van der Waals surface area (Å²) in [6.07, 6.45) is 0.397. The molecule has 98 valence electrons. The van der Waals surface area contributed by atoms with Crippen molar-refractivity contribution in [2.45, 2.75) is 6.42 Å². The van der Waals surface area contributed by atoms with E-state index in [9.17, 15) is 4.79 Å². The molecule has 0 heterocycles. The molecule has 0 aliphatic carbocycles. The zero-order valence-electron chi connectivity index (χ0n) is 11.1. The number of hydrogen-bond donors (Lipinski definition) is 0. The molecular weight excluding hydrogens is 258 g/mol. The molecule has 0 spiro atoms. The Labute approximate surface area is 118 Å². The third kappa shape index (κ3) is 3.58. The van der Waals surface area contributed by atoms with Crippen LogP contribution in [-0.4, -0.2) is 19.9 Å². The van der Waals surface area contributed by atoms with Gasteiger partial charge in [0.15, 0.2) is 5.78 Å². The Bertz CT molecular complexity index is 576. The van der Waals surface area contributed by atoms with Crippen LogP contribution in [0.1, 0.15) is 15.9 Å². The molecule has 0 saturated carbocycles. The maximum Gasteiger partial charge on any atom is 0.167 e. The number of rotatable bonds is 4. The summed E-state index contributed by atoms with van der Waals surface area (Å²) >= 11 is 5.83. The van der Waals surface area contributed by atoms with Gasteiger partial charge in [-0.1, -0.05) is 35.9 Å². The SMILES string of the molecule is CN(C)c1cccc(C(=O)Cc2ccc(Cl)cc2)c1. The van der Waals surface area contributed by atoms with Crippen molar-refractivity contribution in [3.05, 3.63) is 64.7 Å². The Kier molecular flexibility index (Phi) is 4.23. The van der Waals surface area contributed by atoms with Crippen molar-refractivity contribution in [3.8, 4) is 0 Å². The molecule has 0 amide bonds. The Hall–Kier alpha value is -1.80. The first kappa shape index (κ1) is 13.6. The minimum Gasteiger partial charge on any atom is -0.378 e. The average molecular weight is 274 g/mol. The first-order chi connectivity index (χ1) is 9.06. The minimum absolute atomic E-state index is 0.117. The number of nitrogens with zero attached hydrogens (tertiary/aromatic N) is 1. The molecule has 0 unspecified atom stereocenters. The smallest absolute Gasteiger partial charge is 0.167 e. The zero-order chi connectivity index (χ0) is 13.8. The molecule has 0 radical (unpaired) electrons. The lowest BCUT2D eigenvalue weighted by Gasteiger charge is -2.13. The molecule has 2 aromatic carbocycles. The van der Waals surface area contributed by atoms with Gasteiger partial charge in [0, 0.05) is 36.8 Å². The Morgan fingerprint density at radius 1 is 1.11 bits per heavy atom. The average Bonchev–Trinajstić information content (AvgIpc) is 2.41. The van der Waals surface area contributed by atoms with Crippen molar-refractivity contribution < 1.29 is 4.79 Å². The maximum atomic E-state index is 12.2. The lowest BCUT2D eigenvalue weighted by molar-refractivity contribution is 0.0993. The summed E-state index contributed by atoms with van der Waals surface area (Å²) in [5.74, 6) is 0.117. The van der Waals surface area contributed by atoms with Gasteiger partial charge in [-0.25, -0.2) is 0 Å². The molecule has 2 aromatic rings. The highest BCUT2D eigenvalue weighted by Crippen LogP contribution is 2.16. The number of Topliss-reactive ketones (excluding diaryl/α,β-unsaturated/α-hetero) is 1. The van der Waals surface area contributed by atoms with Gasteiger partial charge in [-0.05, 0) is 29.8 Å². The predicted molar refractivity (Wildman–Crippen MR) is 80.3 cm³/mol. The monoisotopic (exact) mass is 273 g/mol. The molecule has 0 N–H and O–H groups in total. The molecule has 0 saturated heterocycles. The minimum atomic E-state index is 0.117. The summed E-state index contributed by atoms with van der Waals surface area (Å²) in [7, 11) is 3.92. The van der Waals surface area contributed by atoms with Crippen molar-refractivity contribution in [1.82, 2.24) is 0 Å². The van der Waals surface area contributed by atoms with Crippen molar-refractivity contribution in [2.75, 3.05) is 19.0 Å². The summed E-state index contributed by atoms with van der Waals surface area (Å²) in [4.78, 5) is 14.2. The Morgan fingerprint density at radius 2 is 1.79 bits per heavy atom. The molecule has 0 aliphatic heterocycles. The number of carbonyl (C=O) groups excluding carboxylic acids is 1.